The zero-order valence-corrected chi connectivity index (χ0v) is 18.4. The Kier molecular flexibility index (Phi) is 7.17. The lowest BCUT2D eigenvalue weighted by atomic mass is 9.65. The molecule has 1 aliphatic heterocycles. The number of ketones is 1. The van der Waals surface area contributed by atoms with Crippen LogP contribution in [0.1, 0.15) is 59.8 Å². The largest absolute Gasteiger partial charge is 0.462 e. The zero-order chi connectivity index (χ0) is 22.0. The molecule has 0 radical (unpaired) electrons. The minimum absolute atomic E-state index is 0.0634. The molecule has 0 aromatic carbocycles. The van der Waals surface area contributed by atoms with Crippen molar-refractivity contribution in [2.24, 2.45) is 29.6 Å². The number of fused-ring (bicyclic) bond motifs is 1. The molecule has 8 atom stereocenters. The SMILES string of the molecule is CC(=O)C(C)C(=O)O[C@H]1C[C@@H](C)C=C2C=C[C@H](C)[C@H](CC[C@@H]3C[C@@H](O)CC(=O)O3)[C@H]21. The summed E-state index contributed by atoms with van der Waals surface area (Å²) in [5.74, 6) is -0.867. The fourth-order valence-corrected chi connectivity index (χ4v) is 5.06. The highest BCUT2D eigenvalue weighted by atomic mass is 16.6. The van der Waals surface area contributed by atoms with Crippen LogP contribution in [0.5, 0.6) is 0 Å². The van der Waals surface area contributed by atoms with Gasteiger partial charge in [-0.1, -0.05) is 32.1 Å². The van der Waals surface area contributed by atoms with Gasteiger partial charge in [-0.25, -0.2) is 0 Å². The van der Waals surface area contributed by atoms with Gasteiger partial charge in [0.25, 0.3) is 0 Å². The van der Waals surface area contributed by atoms with Crippen molar-refractivity contribution in [1.82, 2.24) is 0 Å². The fourth-order valence-electron chi connectivity index (χ4n) is 5.06. The molecule has 166 valence electrons. The van der Waals surface area contributed by atoms with E-state index < -0.39 is 18.0 Å². The Morgan fingerprint density at radius 2 is 2.00 bits per heavy atom. The topological polar surface area (TPSA) is 89.9 Å². The number of aliphatic hydroxyl groups excluding tert-OH is 1. The third kappa shape index (κ3) is 5.20. The lowest BCUT2D eigenvalue weighted by Crippen LogP contribution is -2.42. The first kappa shape index (κ1) is 22.7. The van der Waals surface area contributed by atoms with Crippen LogP contribution >= 0.6 is 0 Å². The predicted octanol–water partition coefficient (Wildman–Crippen LogP) is 3.37. The van der Waals surface area contributed by atoms with Gasteiger partial charge in [0.2, 0.25) is 0 Å². The monoisotopic (exact) mass is 418 g/mol. The molecule has 0 aromatic heterocycles. The molecule has 2 aliphatic carbocycles. The van der Waals surface area contributed by atoms with Crippen LogP contribution < -0.4 is 0 Å². The maximum Gasteiger partial charge on any atom is 0.316 e. The average Bonchev–Trinajstić information content (AvgIpc) is 2.65. The van der Waals surface area contributed by atoms with Crippen LogP contribution in [0.2, 0.25) is 0 Å². The van der Waals surface area contributed by atoms with Crippen molar-refractivity contribution in [3.8, 4) is 0 Å². The van der Waals surface area contributed by atoms with Gasteiger partial charge < -0.3 is 14.6 Å². The number of aliphatic hydroxyl groups is 1. The molecule has 0 spiro atoms. The van der Waals surface area contributed by atoms with Gasteiger partial charge in [0.1, 0.15) is 23.9 Å². The normalized spacial score (nSPS) is 36.9. The lowest BCUT2D eigenvalue weighted by Gasteiger charge is -2.43. The van der Waals surface area contributed by atoms with E-state index in [9.17, 15) is 19.5 Å². The number of hydrogen-bond donors (Lipinski definition) is 1. The van der Waals surface area contributed by atoms with Crippen LogP contribution in [0.3, 0.4) is 0 Å². The molecule has 6 nitrogen and oxygen atoms in total. The van der Waals surface area contributed by atoms with E-state index >= 15 is 0 Å². The number of ether oxygens (including phenoxy) is 2. The van der Waals surface area contributed by atoms with E-state index in [1.54, 1.807) is 6.92 Å². The Hall–Kier alpha value is -1.95. The van der Waals surface area contributed by atoms with E-state index in [4.69, 9.17) is 9.47 Å². The minimum Gasteiger partial charge on any atom is -0.462 e. The van der Waals surface area contributed by atoms with Crippen LogP contribution in [0.4, 0.5) is 0 Å². The van der Waals surface area contributed by atoms with Gasteiger partial charge in [-0.2, -0.15) is 0 Å². The Bertz CT molecular complexity index is 738. The predicted molar refractivity (Wildman–Crippen MR) is 111 cm³/mol. The van der Waals surface area contributed by atoms with Crippen LogP contribution in [0.25, 0.3) is 0 Å². The molecule has 1 unspecified atom stereocenters. The number of esters is 2. The van der Waals surface area contributed by atoms with Gasteiger partial charge in [0.05, 0.1) is 12.5 Å². The van der Waals surface area contributed by atoms with Crippen LogP contribution in [0, 0.1) is 29.6 Å². The maximum absolute atomic E-state index is 12.5. The van der Waals surface area contributed by atoms with Crippen molar-refractivity contribution >= 4 is 17.7 Å². The summed E-state index contributed by atoms with van der Waals surface area (Å²) in [6, 6.07) is 0. The second-order valence-electron chi connectivity index (χ2n) is 9.38. The Balaban J connectivity index is 1.75. The second-order valence-corrected chi connectivity index (χ2v) is 9.38. The molecule has 0 amide bonds. The molecular weight excluding hydrogens is 384 g/mol. The first-order chi connectivity index (χ1) is 14.2. The minimum atomic E-state index is -0.757. The highest BCUT2D eigenvalue weighted by Gasteiger charge is 2.42. The van der Waals surface area contributed by atoms with E-state index in [0.29, 0.717) is 12.8 Å². The van der Waals surface area contributed by atoms with Crippen LogP contribution in [-0.2, 0) is 23.9 Å². The van der Waals surface area contributed by atoms with Gasteiger partial charge in [-0.3, -0.25) is 14.4 Å². The zero-order valence-electron chi connectivity index (χ0n) is 18.4. The molecule has 0 saturated carbocycles. The molecule has 0 bridgehead atoms. The number of carbonyl (C=O) groups is 3. The van der Waals surface area contributed by atoms with Gasteiger partial charge in [-0.05, 0) is 56.4 Å². The Morgan fingerprint density at radius 1 is 1.27 bits per heavy atom. The number of rotatable bonds is 6. The number of hydrogen-bond acceptors (Lipinski definition) is 6. The van der Waals surface area contributed by atoms with E-state index in [1.165, 1.54) is 12.5 Å². The highest BCUT2D eigenvalue weighted by molar-refractivity contribution is 5.97. The molecule has 3 rings (SSSR count). The van der Waals surface area contributed by atoms with E-state index in [0.717, 1.165) is 12.8 Å². The number of carbonyl (C=O) groups excluding carboxylic acids is 3. The van der Waals surface area contributed by atoms with Crippen molar-refractivity contribution in [3.63, 3.8) is 0 Å². The number of allylic oxidation sites excluding steroid dienone is 3. The van der Waals surface area contributed by atoms with Gasteiger partial charge in [0, 0.05) is 12.3 Å². The smallest absolute Gasteiger partial charge is 0.316 e. The van der Waals surface area contributed by atoms with Crippen molar-refractivity contribution in [3.05, 3.63) is 23.8 Å². The Labute approximate surface area is 178 Å². The molecule has 1 heterocycles. The molecule has 30 heavy (non-hydrogen) atoms. The fraction of sp³-hybridized carbons (Fsp3) is 0.708. The molecule has 1 saturated heterocycles. The molecule has 6 heteroatoms. The van der Waals surface area contributed by atoms with Gasteiger partial charge in [-0.15, -0.1) is 0 Å². The van der Waals surface area contributed by atoms with Crippen molar-refractivity contribution in [2.75, 3.05) is 0 Å². The maximum atomic E-state index is 12.5. The molecule has 0 aromatic rings. The van der Waals surface area contributed by atoms with E-state index in [-0.39, 0.29) is 54.1 Å². The summed E-state index contributed by atoms with van der Waals surface area (Å²) in [5, 5.41) is 9.89. The molecule has 1 N–H and O–H groups in total. The van der Waals surface area contributed by atoms with Gasteiger partial charge in [0.15, 0.2) is 0 Å². The summed E-state index contributed by atoms with van der Waals surface area (Å²) in [6.45, 7) is 7.28. The first-order valence-corrected chi connectivity index (χ1v) is 11.1. The first-order valence-electron chi connectivity index (χ1n) is 11.1. The van der Waals surface area contributed by atoms with Crippen molar-refractivity contribution < 1.29 is 29.0 Å². The van der Waals surface area contributed by atoms with E-state index in [2.05, 4.69) is 32.1 Å². The van der Waals surface area contributed by atoms with Crippen molar-refractivity contribution in [1.29, 1.82) is 0 Å². The van der Waals surface area contributed by atoms with Crippen LogP contribution in [-0.4, -0.2) is 41.1 Å². The number of cyclic esters (lactones) is 1. The van der Waals surface area contributed by atoms with Crippen molar-refractivity contribution in [2.45, 2.75) is 78.1 Å². The quantitative estimate of drug-likeness (QED) is 0.525. The second kappa shape index (κ2) is 9.46. The third-order valence-corrected chi connectivity index (χ3v) is 6.88. The summed E-state index contributed by atoms with van der Waals surface area (Å²) in [6.07, 6.45) is 8.18. The van der Waals surface area contributed by atoms with E-state index in [1.807, 2.05) is 0 Å². The lowest BCUT2D eigenvalue weighted by molar-refractivity contribution is -0.163. The summed E-state index contributed by atoms with van der Waals surface area (Å²) < 4.78 is 11.3. The molecule has 1 fully saturated rings. The van der Waals surface area contributed by atoms with Crippen LogP contribution in [0.15, 0.2) is 23.8 Å². The average molecular weight is 419 g/mol. The Morgan fingerprint density at radius 3 is 2.67 bits per heavy atom. The molecule has 3 aliphatic rings. The molecular formula is C24H34O6. The number of Topliss-reactive ketones (excluding diaryl/α,β-unsaturated/α-hetero) is 1. The third-order valence-electron chi connectivity index (χ3n) is 6.88. The van der Waals surface area contributed by atoms with Gasteiger partial charge >= 0.3 is 11.9 Å². The summed E-state index contributed by atoms with van der Waals surface area (Å²) in [7, 11) is 0. The standard InChI is InChI=1S/C24H34O6/c1-13-9-17-6-5-14(2)20(8-7-19-11-18(26)12-22(27)29-19)23(17)21(10-13)30-24(28)15(3)16(4)25/h5-6,9,13-15,18-21,23,26H,7-8,10-12H2,1-4H3/t13-,14-,15?,18+,19+,20-,21-,23-/m0/s1. The summed E-state index contributed by atoms with van der Waals surface area (Å²) in [5.41, 5.74) is 1.19. The summed E-state index contributed by atoms with van der Waals surface area (Å²) in [4.78, 5) is 35.8. The highest BCUT2D eigenvalue weighted by Crippen LogP contribution is 2.45. The summed E-state index contributed by atoms with van der Waals surface area (Å²) >= 11 is 0.